The lowest BCUT2D eigenvalue weighted by Crippen LogP contribution is -2.33. The fourth-order valence-corrected chi connectivity index (χ4v) is 4.31. The Labute approximate surface area is 173 Å². The molecule has 150 valence electrons. The monoisotopic (exact) mass is 462 g/mol. The van der Waals surface area contributed by atoms with Gasteiger partial charge in [-0.1, -0.05) is 18.2 Å². The molecule has 1 aliphatic carbocycles. The number of benzene rings is 1. The molecular weight excluding hydrogens is 446 g/mol. The molecule has 0 bridgehead atoms. The molecule has 3 heterocycles. The average molecular weight is 463 g/mol. The van der Waals surface area contributed by atoms with Crippen LogP contribution in [-0.2, 0) is 0 Å². The Kier molecular flexibility index (Phi) is 4.49. The van der Waals surface area contributed by atoms with Gasteiger partial charge in [0.1, 0.15) is 11.4 Å². The molecule has 9 heteroatoms. The van der Waals surface area contributed by atoms with Crippen LogP contribution in [0, 0.1) is 0 Å². The highest BCUT2D eigenvalue weighted by Gasteiger charge is 2.34. The number of halogens is 3. The maximum atomic E-state index is 13.3. The predicted octanol–water partition coefficient (Wildman–Crippen LogP) is 4.56. The highest BCUT2D eigenvalue weighted by molar-refractivity contribution is 9.10. The van der Waals surface area contributed by atoms with Crippen LogP contribution >= 0.6 is 15.9 Å². The summed E-state index contributed by atoms with van der Waals surface area (Å²) in [5.41, 5.74) is 1.88. The quantitative estimate of drug-likeness (QED) is 0.616. The lowest BCUT2D eigenvalue weighted by Gasteiger charge is -2.27. The summed E-state index contributed by atoms with van der Waals surface area (Å²) in [7, 11) is 0. The predicted molar refractivity (Wildman–Crippen MR) is 104 cm³/mol. The Balaban J connectivity index is 1.54. The second kappa shape index (κ2) is 7.05. The Hall–Kier alpha value is -2.55. The maximum absolute atomic E-state index is 13.3. The van der Waals surface area contributed by atoms with Gasteiger partial charge in [-0.3, -0.25) is 4.79 Å². The summed E-state index contributed by atoms with van der Waals surface area (Å²) in [6.07, 6.45) is 1.17. The Morgan fingerprint density at radius 1 is 1.28 bits per heavy atom. The van der Waals surface area contributed by atoms with Gasteiger partial charge in [0, 0.05) is 24.1 Å². The molecule has 1 saturated carbocycles. The van der Waals surface area contributed by atoms with E-state index in [-0.39, 0.29) is 28.0 Å². The van der Waals surface area contributed by atoms with Gasteiger partial charge in [-0.05, 0) is 34.8 Å². The largest absolute Gasteiger partial charge is 0.493 e. The molecule has 29 heavy (non-hydrogen) atoms. The molecule has 6 nitrogen and oxygen atoms in total. The molecule has 1 aromatic carbocycles. The van der Waals surface area contributed by atoms with E-state index in [9.17, 15) is 13.6 Å². The van der Waals surface area contributed by atoms with Crippen molar-refractivity contribution in [2.24, 2.45) is 0 Å². The zero-order valence-corrected chi connectivity index (χ0v) is 16.8. The van der Waals surface area contributed by atoms with Crippen LogP contribution in [0.4, 0.5) is 8.78 Å². The Bertz CT molecular complexity index is 1110. The van der Waals surface area contributed by atoms with E-state index >= 15 is 0 Å². The smallest absolute Gasteiger partial charge is 0.283 e. The summed E-state index contributed by atoms with van der Waals surface area (Å²) in [5.74, 6) is 0.589. The second-order valence-corrected chi connectivity index (χ2v) is 8.06. The third-order valence-electron chi connectivity index (χ3n) is 5.33. The van der Waals surface area contributed by atoms with Crippen LogP contribution in [0.3, 0.4) is 0 Å². The summed E-state index contributed by atoms with van der Waals surface area (Å²) < 4.78 is 33.8. The van der Waals surface area contributed by atoms with E-state index in [1.165, 1.54) is 10.7 Å². The molecule has 1 fully saturated rings. The SMILES string of the molecule is O=C(N[C@H]1CCOc2ccccc21)c1cnc2c(Br)c(C(F)F)nn2c1C1CC1. The molecule has 5 rings (SSSR count). The van der Waals surface area contributed by atoms with Crippen LogP contribution in [0.5, 0.6) is 5.75 Å². The number of fused-ring (bicyclic) bond motifs is 2. The third kappa shape index (κ3) is 3.17. The van der Waals surface area contributed by atoms with Gasteiger partial charge < -0.3 is 10.1 Å². The first-order valence-electron chi connectivity index (χ1n) is 9.42. The van der Waals surface area contributed by atoms with Crippen molar-refractivity contribution in [3.63, 3.8) is 0 Å². The van der Waals surface area contributed by atoms with Gasteiger partial charge in [0.15, 0.2) is 5.65 Å². The number of aromatic nitrogens is 3. The summed E-state index contributed by atoms with van der Waals surface area (Å²) >= 11 is 3.18. The average Bonchev–Trinajstić information content (AvgIpc) is 3.50. The van der Waals surface area contributed by atoms with Crippen molar-refractivity contribution in [1.29, 1.82) is 0 Å². The number of carbonyl (C=O) groups excluding carboxylic acids is 1. The molecule has 1 aliphatic heterocycles. The third-order valence-corrected chi connectivity index (χ3v) is 6.09. The molecule has 0 saturated heterocycles. The lowest BCUT2D eigenvalue weighted by molar-refractivity contribution is 0.0922. The number of hydrogen-bond acceptors (Lipinski definition) is 4. The van der Waals surface area contributed by atoms with Crippen LogP contribution in [0.2, 0.25) is 0 Å². The van der Waals surface area contributed by atoms with Crippen molar-refractivity contribution in [1.82, 2.24) is 19.9 Å². The second-order valence-electron chi connectivity index (χ2n) is 7.27. The summed E-state index contributed by atoms with van der Waals surface area (Å²) in [5, 5.41) is 7.12. The summed E-state index contributed by atoms with van der Waals surface area (Å²) in [4.78, 5) is 17.4. The first-order valence-corrected chi connectivity index (χ1v) is 10.2. The Morgan fingerprint density at radius 3 is 2.83 bits per heavy atom. The van der Waals surface area contributed by atoms with E-state index in [4.69, 9.17) is 4.74 Å². The zero-order chi connectivity index (χ0) is 20.1. The van der Waals surface area contributed by atoms with E-state index in [1.54, 1.807) is 0 Å². The minimum Gasteiger partial charge on any atom is -0.493 e. The van der Waals surface area contributed by atoms with Crippen LogP contribution in [0.1, 0.15) is 65.0 Å². The number of amides is 1. The minimum atomic E-state index is -2.73. The van der Waals surface area contributed by atoms with Crippen molar-refractivity contribution in [3.8, 4) is 5.75 Å². The molecular formula is C20H17BrF2N4O2. The van der Waals surface area contributed by atoms with Gasteiger partial charge in [0.05, 0.1) is 28.4 Å². The van der Waals surface area contributed by atoms with Gasteiger partial charge in [-0.2, -0.15) is 5.10 Å². The minimum absolute atomic E-state index is 0.112. The van der Waals surface area contributed by atoms with E-state index in [1.807, 2.05) is 24.3 Å². The molecule has 0 radical (unpaired) electrons. The van der Waals surface area contributed by atoms with E-state index < -0.39 is 6.43 Å². The van der Waals surface area contributed by atoms with E-state index in [0.29, 0.717) is 29.9 Å². The van der Waals surface area contributed by atoms with Crippen LogP contribution < -0.4 is 10.1 Å². The zero-order valence-electron chi connectivity index (χ0n) is 15.2. The number of nitrogens with one attached hydrogen (secondary N) is 1. The molecule has 2 aromatic heterocycles. The molecule has 3 aromatic rings. The number of rotatable bonds is 4. The first-order chi connectivity index (χ1) is 14.0. The topological polar surface area (TPSA) is 68.5 Å². The molecule has 1 N–H and O–H groups in total. The molecule has 0 spiro atoms. The highest BCUT2D eigenvalue weighted by atomic mass is 79.9. The highest BCUT2D eigenvalue weighted by Crippen LogP contribution is 2.43. The van der Waals surface area contributed by atoms with Crippen molar-refractivity contribution in [3.05, 3.63) is 57.4 Å². The number of nitrogens with zero attached hydrogens (tertiary/aromatic N) is 3. The van der Waals surface area contributed by atoms with Crippen LogP contribution in [0.25, 0.3) is 5.65 Å². The fraction of sp³-hybridized carbons (Fsp3) is 0.350. The number of para-hydroxylation sites is 1. The van der Waals surface area contributed by atoms with Crippen LogP contribution in [-0.4, -0.2) is 27.1 Å². The number of alkyl halides is 2. The number of hydrogen-bond donors (Lipinski definition) is 1. The van der Waals surface area contributed by atoms with E-state index in [2.05, 4.69) is 31.3 Å². The summed E-state index contributed by atoms with van der Waals surface area (Å²) in [6.45, 7) is 0.512. The number of ether oxygens (including phenoxy) is 1. The van der Waals surface area contributed by atoms with Crippen molar-refractivity contribution >= 4 is 27.5 Å². The van der Waals surface area contributed by atoms with Gasteiger partial charge in [-0.15, -0.1) is 0 Å². The van der Waals surface area contributed by atoms with Crippen molar-refractivity contribution in [2.75, 3.05) is 6.61 Å². The normalized spacial score (nSPS) is 18.6. The van der Waals surface area contributed by atoms with Crippen molar-refractivity contribution < 1.29 is 18.3 Å². The first kappa shape index (κ1) is 18.5. The summed E-state index contributed by atoms with van der Waals surface area (Å²) in [6, 6.07) is 7.42. The van der Waals surface area contributed by atoms with Crippen molar-refractivity contribution in [2.45, 2.75) is 37.6 Å². The number of carbonyl (C=O) groups is 1. The van der Waals surface area contributed by atoms with E-state index in [0.717, 1.165) is 24.2 Å². The van der Waals surface area contributed by atoms with Gasteiger partial charge in [0.2, 0.25) is 0 Å². The molecule has 0 unspecified atom stereocenters. The van der Waals surface area contributed by atoms with Gasteiger partial charge in [0.25, 0.3) is 12.3 Å². The lowest BCUT2D eigenvalue weighted by atomic mass is 10.00. The molecule has 1 atom stereocenters. The molecule has 1 amide bonds. The standard InChI is InChI=1S/C20H17BrF2N4O2/c21-15-16(18(22)23)26-27-17(10-5-6-10)12(9-24-19(15)27)20(28)25-13-7-8-29-14-4-2-1-3-11(13)14/h1-4,9-10,13,18H,5-8H2,(H,25,28)/t13-/m0/s1. The molecule has 2 aliphatic rings. The Morgan fingerprint density at radius 2 is 2.07 bits per heavy atom. The van der Waals surface area contributed by atoms with Gasteiger partial charge >= 0.3 is 0 Å². The van der Waals surface area contributed by atoms with Crippen LogP contribution in [0.15, 0.2) is 34.9 Å². The fourth-order valence-electron chi connectivity index (χ4n) is 3.78. The maximum Gasteiger partial charge on any atom is 0.283 e. The van der Waals surface area contributed by atoms with Gasteiger partial charge in [-0.25, -0.2) is 18.3 Å².